The number of aliphatic hydroxyl groups excluding tert-OH is 1. The Bertz CT molecular complexity index is 178. The van der Waals surface area contributed by atoms with Crippen LogP contribution in [0.15, 0.2) is 12.3 Å². The van der Waals surface area contributed by atoms with E-state index in [1.807, 2.05) is 6.20 Å². The van der Waals surface area contributed by atoms with Crippen LogP contribution in [0, 0.1) is 0 Å². The third-order valence-electron chi connectivity index (χ3n) is 3.18. The van der Waals surface area contributed by atoms with E-state index in [2.05, 4.69) is 18.3 Å². The molecule has 0 spiro atoms. The Morgan fingerprint density at radius 2 is 1.39 bits per heavy atom. The van der Waals surface area contributed by atoms with Crippen molar-refractivity contribution in [2.75, 3.05) is 0 Å². The molecule has 0 amide bonds. The van der Waals surface area contributed by atoms with Crippen LogP contribution in [0.1, 0.15) is 84.5 Å². The molecule has 0 aromatic rings. The van der Waals surface area contributed by atoms with Crippen molar-refractivity contribution in [1.82, 2.24) is 5.32 Å². The van der Waals surface area contributed by atoms with E-state index in [9.17, 15) is 0 Å². The Labute approximate surface area is 114 Å². The first-order valence-electron chi connectivity index (χ1n) is 7.86. The van der Waals surface area contributed by atoms with E-state index in [0.717, 1.165) is 6.42 Å². The predicted octanol–water partition coefficient (Wildman–Crippen LogP) is 4.74. The summed E-state index contributed by atoms with van der Waals surface area (Å²) >= 11 is 0. The van der Waals surface area contributed by atoms with Crippen LogP contribution in [0.4, 0.5) is 0 Å². The minimum absolute atomic E-state index is 0.436. The molecule has 0 saturated heterocycles. The van der Waals surface area contributed by atoms with Crippen molar-refractivity contribution in [3.8, 4) is 0 Å². The molecule has 2 N–H and O–H groups in total. The Morgan fingerprint density at radius 3 is 1.89 bits per heavy atom. The predicted molar refractivity (Wildman–Crippen MR) is 80.4 cm³/mol. The summed E-state index contributed by atoms with van der Waals surface area (Å²) in [5, 5.41) is 11.8. The van der Waals surface area contributed by atoms with Crippen molar-refractivity contribution in [3.63, 3.8) is 0 Å². The number of hydrogen-bond donors (Lipinski definition) is 2. The maximum atomic E-state index is 8.97. The lowest BCUT2D eigenvalue weighted by molar-refractivity contribution is 0.173. The quantitative estimate of drug-likeness (QED) is 0.368. The molecule has 2 nitrogen and oxygen atoms in total. The highest BCUT2D eigenvalue weighted by Crippen LogP contribution is 2.11. The van der Waals surface area contributed by atoms with Crippen LogP contribution in [-0.4, -0.2) is 11.3 Å². The summed E-state index contributed by atoms with van der Waals surface area (Å²) in [7, 11) is 0. The molecule has 0 aliphatic heterocycles. The summed E-state index contributed by atoms with van der Waals surface area (Å²) in [6, 6.07) is 0. The number of nitrogens with one attached hydrogen (secondary N) is 1. The van der Waals surface area contributed by atoms with Gasteiger partial charge in [0.25, 0.3) is 0 Å². The van der Waals surface area contributed by atoms with Gasteiger partial charge in [0, 0.05) is 0 Å². The van der Waals surface area contributed by atoms with Gasteiger partial charge in [-0.3, -0.25) is 0 Å². The molecule has 18 heavy (non-hydrogen) atoms. The van der Waals surface area contributed by atoms with E-state index in [-0.39, 0.29) is 0 Å². The van der Waals surface area contributed by atoms with E-state index in [0.29, 0.717) is 0 Å². The number of rotatable bonds is 13. The van der Waals surface area contributed by atoms with E-state index < -0.39 is 6.23 Å². The zero-order valence-electron chi connectivity index (χ0n) is 12.5. The maximum Gasteiger partial charge on any atom is 0.121 e. The minimum atomic E-state index is -0.436. The Morgan fingerprint density at radius 1 is 0.889 bits per heavy atom. The topological polar surface area (TPSA) is 32.3 Å². The first kappa shape index (κ1) is 17.5. The van der Waals surface area contributed by atoms with Crippen molar-refractivity contribution in [1.29, 1.82) is 0 Å². The van der Waals surface area contributed by atoms with Gasteiger partial charge in [-0.1, -0.05) is 70.8 Å². The normalized spacial score (nSPS) is 13.1. The fourth-order valence-electron chi connectivity index (χ4n) is 2.04. The molecule has 0 radical (unpaired) electrons. The van der Waals surface area contributed by atoms with E-state index in [4.69, 9.17) is 5.11 Å². The molecule has 0 heterocycles. The number of aliphatic hydroxyl groups is 1. The van der Waals surface area contributed by atoms with Gasteiger partial charge in [-0.15, -0.1) is 0 Å². The van der Waals surface area contributed by atoms with E-state index in [1.165, 1.54) is 64.2 Å². The Hall–Kier alpha value is -0.500. The highest BCUT2D eigenvalue weighted by atomic mass is 16.3. The lowest BCUT2D eigenvalue weighted by Crippen LogP contribution is -2.18. The summed E-state index contributed by atoms with van der Waals surface area (Å²) in [4.78, 5) is 0. The van der Waals surface area contributed by atoms with Gasteiger partial charge in [-0.05, 0) is 26.0 Å². The zero-order chi connectivity index (χ0) is 13.5. The first-order valence-corrected chi connectivity index (χ1v) is 7.86. The SMILES string of the molecule is CCCCCCCCCCCCC=CNC(C)O. The van der Waals surface area contributed by atoms with Crippen molar-refractivity contribution in [2.24, 2.45) is 0 Å². The van der Waals surface area contributed by atoms with Gasteiger partial charge in [-0.25, -0.2) is 0 Å². The molecule has 0 fully saturated rings. The molecule has 1 atom stereocenters. The molecule has 108 valence electrons. The van der Waals surface area contributed by atoms with Gasteiger partial charge < -0.3 is 10.4 Å². The third kappa shape index (κ3) is 15.5. The zero-order valence-corrected chi connectivity index (χ0v) is 12.5. The fourth-order valence-corrected chi connectivity index (χ4v) is 2.04. The minimum Gasteiger partial charge on any atom is -0.374 e. The van der Waals surface area contributed by atoms with Crippen molar-refractivity contribution >= 4 is 0 Å². The van der Waals surface area contributed by atoms with Crippen LogP contribution in [0.5, 0.6) is 0 Å². The lowest BCUT2D eigenvalue weighted by atomic mass is 10.1. The number of unbranched alkanes of at least 4 members (excludes halogenated alkanes) is 10. The average Bonchev–Trinajstić information content (AvgIpc) is 2.34. The first-order chi connectivity index (χ1) is 8.77. The van der Waals surface area contributed by atoms with Crippen LogP contribution in [0.25, 0.3) is 0 Å². The molecule has 1 unspecified atom stereocenters. The molecule has 0 bridgehead atoms. The molecule has 0 aromatic heterocycles. The standard InChI is InChI=1S/C16H33NO/c1-3-4-5-6-7-8-9-10-11-12-13-14-15-17-16(2)18/h14-18H,3-13H2,1-2H3. The highest BCUT2D eigenvalue weighted by molar-refractivity contribution is 4.79. The number of allylic oxidation sites excluding steroid dienone is 1. The average molecular weight is 255 g/mol. The van der Waals surface area contributed by atoms with Gasteiger partial charge in [0.2, 0.25) is 0 Å². The molecular formula is C16H33NO. The van der Waals surface area contributed by atoms with Gasteiger partial charge >= 0.3 is 0 Å². The maximum absolute atomic E-state index is 8.97. The van der Waals surface area contributed by atoms with E-state index in [1.54, 1.807) is 6.92 Å². The molecule has 2 heteroatoms. The van der Waals surface area contributed by atoms with Gasteiger partial charge in [0.1, 0.15) is 6.23 Å². The monoisotopic (exact) mass is 255 g/mol. The van der Waals surface area contributed by atoms with Crippen LogP contribution in [0.2, 0.25) is 0 Å². The molecule has 0 aliphatic carbocycles. The third-order valence-corrected chi connectivity index (χ3v) is 3.18. The Balaban J connectivity index is 3.01. The summed E-state index contributed by atoms with van der Waals surface area (Å²) < 4.78 is 0. The molecule has 0 aliphatic rings. The second-order valence-corrected chi connectivity index (χ2v) is 5.22. The van der Waals surface area contributed by atoms with Gasteiger partial charge in [-0.2, -0.15) is 0 Å². The van der Waals surface area contributed by atoms with Crippen LogP contribution in [-0.2, 0) is 0 Å². The summed E-state index contributed by atoms with van der Waals surface area (Å²) in [6.45, 7) is 4.00. The van der Waals surface area contributed by atoms with Crippen molar-refractivity contribution < 1.29 is 5.11 Å². The smallest absolute Gasteiger partial charge is 0.121 e. The van der Waals surface area contributed by atoms with Gasteiger partial charge in [0.05, 0.1) is 0 Å². The summed E-state index contributed by atoms with van der Waals surface area (Å²) in [5.74, 6) is 0. The lowest BCUT2D eigenvalue weighted by Gasteiger charge is -2.02. The van der Waals surface area contributed by atoms with Gasteiger partial charge in [0.15, 0.2) is 0 Å². The molecule has 0 rings (SSSR count). The van der Waals surface area contributed by atoms with Crippen LogP contribution in [0.3, 0.4) is 0 Å². The highest BCUT2D eigenvalue weighted by Gasteiger charge is 1.92. The Kier molecular flexibility index (Phi) is 14.2. The largest absolute Gasteiger partial charge is 0.374 e. The van der Waals surface area contributed by atoms with E-state index >= 15 is 0 Å². The second-order valence-electron chi connectivity index (χ2n) is 5.22. The van der Waals surface area contributed by atoms with Crippen molar-refractivity contribution in [2.45, 2.75) is 90.7 Å². The molecular weight excluding hydrogens is 222 g/mol. The van der Waals surface area contributed by atoms with Crippen LogP contribution < -0.4 is 5.32 Å². The van der Waals surface area contributed by atoms with Crippen LogP contribution >= 0.6 is 0 Å². The fraction of sp³-hybridized carbons (Fsp3) is 0.875. The summed E-state index contributed by atoms with van der Waals surface area (Å²) in [5.41, 5.74) is 0. The molecule has 0 aromatic carbocycles. The van der Waals surface area contributed by atoms with Crippen molar-refractivity contribution in [3.05, 3.63) is 12.3 Å². The molecule has 0 saturated carbocycles. The second kappa shape index (κ2) is 14.6. The number of hydrogen-bond acceptors (Lipinski definition) is 2. The summed E-state index contributed by atoms with van der Waals surface area (Å²) in [6.07, 6.45) is 18.5.